The van der Waals surface area contributed by atoms with Gasteiger partial charge in [0.05, 0.1) is 6.61 Å². The maximum absolute atomic E-state index is 12.9. The molecule has 1 aromatic rings. The predicted molar refractivity (Wildman–Crippen MR) is 116 cm³/mol. The van der Waals surface area contributed by atoms with E-state index in [1.807, 2.05) is 18.2 Å². The van der Waals surface area contributed by atoms with Crippen molar-refractivity contribution in [3.05, 3.63) is 47.9 Å². The van der Waals surface area contributed by atoms with Gasteiger partial charge in [0.25, 0.3) is 5.91 Å². The van der Waals surface area contributed by atoms with Crippen LogP contribution in [-0.4, -0.2) is 48.9 Å². The molecule has 1 aliphatic rings. The van der Waals surface area contributed by atoms with E-state index in [0.29, 0.717) is 13.0 Å². The Kier molecular flexibility index (Phi) is 9.52. The smallest absolute Gasteiger partial charge is 0.408 e. The fourth-order valence-electron chi connectivity index (χ4n) is 3.00. The van der Waals surface area contributed by atoms with Crippen molar-refractivity contribution in [1.29, 1.82) is 0 Å². The molecule has 0 aliphatic carbocycles. The summed E-state index contributed by atoms with van der Waals surface area (Å²) in [6, 6.07) is 6.91. The summed E-state index contributed by atoms with van der Waals surface area (Å²) in [5.74, 6) is -2.28. The molecule has 5 N–H and O–H groups in total. The molecule has 1 aromatic carbocycles. The van der Waals surface area contributed by atoms with Crippen LogP contribution in [0, 0.1) is 5.92 Å². The number of hydrogen-bond donors (Lipinski definition) is 4. The fourth-order valence-corrected chi connectivity index (χ4v) is 3.00. The normalized spacial score (nSPS) is 19.5. The Balaban J connectivity index is 2.05. The lowest BCUT2D eigenvalue weighted by Crippen LogP contribution is -2.55. The Bertz CT molecular complexity index is 840. The number of nitrogens with one attached hydrogen (secondary N) is 3. The first kappa shape index (κ1) is 24.7. The molecule has 2 atom stereocenters. The number of carbonyl (C=O) groups excluding carboxylic acids is 4. The van der Waals surface area contributed by atoms with Crippen LogP contribution in [0.5, 0.6) is 0 Å². The zero-order valence-corrected chi connectivity index (χ0v) is 18.3. The van der Waals surface area contributed by atoms with Crippen molar-refractivity contribution < 1.29 is 28.7 Å². The second kappa shape index (κ2) is 12.3. The van der Waals surface area contributed by atoms with Gasteiger partial charge in [0, 0.05) is 19.2 Å². The fraction of sp³-hybridized carbons (Fsp3) is 0.455. The maximum atomic E-state index is 12.9. The molecule has 0 radical (unpaired) electrons. The number of nitrogens with two attached hydrogens (primary N) is 1. The van der Waals surface area contributed by atoms with Gasteiger partial charge >= 0.3 is 6.09 Å². The van der Waals surface area contributed by atoms with Gasteiger partial charge in [0.1, 0.15) is 24.4 Å². The third-order valence-corrected chi connectivity index (χ3v) is 4.78. The van der Waals surface area contributed by atoms with Crippen LogP contribution in [0.1, 0.15) is 32.3 Å². The summed E-state index contributed by atoms with van der Waals surface area (Å²) in [6.45, 7) is 4.08. The average Bonchev–Trinajstić information content (AvgIpc) is 2.78. The van der Waals surface area contributed by atoms with Gasteiger partial charge in [0.15, 0.2) is 0 Å². The second-order valence-corrected chi connectivity index (χ2v) is 7.65. The first-order chi connectivity index (χ1) is 15.3. The van der Waals surface area contributed by atoms with Crippen molar-refractivity contribution in [2.24, 2.45) is 11.7 Å². The van der Waals surface area contributed by atoms with Crippen molar-refractivity contribution in [2.45, 2.75) is 45.4 Å². The van der Waals surface area contributed by atoms with Crippen LogP contribution >= 0.6 is 0 Å². The largest absolute Gasteiger partial charge is 0.496 e. The topological polar surface area (TPSA) is 149 Å². The third kappa shape index (κ3) is 7.60. The van der Waals surface area contributed by atoms with Crippen LogP contribution in [-0.2, 0) is 30.5 Å². The number of amides is 3. The molecule has 1 fully saturated rings. The van der Waals surface area contributed by atoms with Crippen LogP contribution in [0.3, 0.4) is 0 Å². The highest BCUT2D eigenvalue weighted by Gasteiger charge is 2.33. The van der Waals surface area contributed by atoms with E-state index >= 15 is 0 Å². The quantitative estimate of drug-likeness (QED) is 0.470. The third-order valence-electron chi connectivity index (χ3n) is 4.78. The summed E-state index contributed by atoms with van der Waals surface area (Å²) in [5.41, 5.74) is 6.36. The van der Waals surface area contributed by atoms with Gasteiger partial charge in [-0.3, -0.25) is 14.4 Å². The van der Waals surface area contributed by atoms with Gasteiger partial charge in [-0.05, 0) is 17.9 Å². The Morgan fingerprint density at radius 1 is 1.28 bits per heavy atom. The summed E-state index contributed by atoms with van der Waals surface area (Å²) in [7, 11) is 0. The molecule has 10 nitrogen and oxygen atoms in total. The number of Topliss-reactive ketones (excluding diaryl/α,β-unsaturated/α-hetero) is 1. The zero-order chi connectivity index (χ0) is 23.5. The molecule has 1 saturated heterocycles. The van der Waals surface area contributed by atoms with E-state index < -0.39 is 35.8 Å². The minimum atomic E-state index is -1.20. The standard InChI is InChI=1S/C22H30N4O6/c1-14(2)18(26-22(30)32-13-15-7-4-3-5-8-15)20(28)25-17-11-16(12-23)31-10-6-9-24-21(29)19(17)27/h3-5,7-8,12,14,17-18H,6,9-11,13,23H2,1-2H3,(H,24,29)(H,25,28)(H,26,30)/b16-12-. The van der Waals surface area contributed by atoms with Crippen molar-refractivity contribution in [3.63, 3.8) is 0 Å². The van der Waals surface area contributed by atoms with Gasteiger partial charge in [-0.25, -0.2) is 4.79 Å². The predicted octanol–water partition coefficient (Wildman–Crippen LogP) is 0.718. The van der Waals surface area contributed by atoms with Gasteiger partial charge in [-0.2, -0.15) is 0 Å². The summed E-state index contributed by atoms with van der Waals surface area (Å²) in [4.78, 5) is 49.8. The summed E-state index contributed by atoms with van der Waals surface area (Å²) in [6.07, 6.45) is 0.851. The Hall–Kier alpha value is -3.56. The van der Waals surface area contributed by atoms with Gasteiger partial charge in [-0.1, -0.05) is 44.2 Å². The maximum Gasteiger partial charge on any atom is 0.408 e. The lowest BCUT2D eigenvalue weighted by Gasteiger charge is -2.25. The van der Waals surface area contributed by atoms with E-state index in [2.05, 4.69) is 16.0 Å². The lowest BCUT2D eigenvalue weighted by molar-refractivity contribution is -0.140. The molecule has 174 valence electrons. The minimum absolute atomic E-state index is 0.0440. The summed E-state index contributed by atoms with van der Waals surface area (Å²) < 4.78 is 10.7. The van der Waals surface area contributed by atoms with Gasteiger partial charge < -0.3 is 31.2 Å². The van der Waals surface area contributed by atoms with E-state index in [-0.39, 0.29) is 31.2 Å². The van der Waals surface area contributed by atoms with Crippen molar-refractivity contribution in [3.8, 4) is 0 Å². The highest BCUT2D eigenvalue weighted by molar-refractivity contribution is 6.38. The van der Waals surface area contributed by atoms with Crippen LogP contribution in [0.4, 0.5) is 4.79 Å². The van der Waals surface area contributed by atoms with Crippen LogP contribution in [0.2, 0.25) is 0 Å². The molecule has 1 heterocycles. The van der Waals surface area contributed by atoms with Crippen LogP contribution < -0.4 is 21.7 Å². The van der Waals surface area contributed by atoms with E-state index in [9.17, 15) is 19.2 Å². The molecule has 3 amide bonds. The number of alkyl carbamates (subject to hydrolysis) is 1. The van der Waals surface area contributed by atoms with Crippen LogP contribution in [0.25, 0.3) is 0 Å². The van der Waals surface area contributed by atoms with Gasteiger partial charge in [-0.15, -0.1) is 0 Å². The Morgan fingerprint density at radius 3 is 2.66 bits per heavy atom. The molecule has 0 aromatic heterocycles. The molecule has 1 aliphatic heterocycles. The molecule has 2 unspecified atom stereocenters. The molecule has 0 spiro atoms. The number of rotatable bonds is 6. The van der Waals surface area contributed by atoms with E-state index in [1.165, 1.54) is 6.20 Å². The molecular formula is C22H30N4O6. The second-order valence-electron chi connectivity index (χ2n) is 7.65. The highest BCUT2D eigenvalue weighted by atomic mass is 16.5. The number of carbonyl (C=O) groups is 4. The Labute approximate surface area is 186 Å². The molecule has 2 rings (SSSR count). The van der Waals surface area contributed by atoms with E-state index in [0.717, 1.165) is 5.56 Å². The first-order valence-corrected chi connectivity index (χ1v) is 10.4. The van der Waals surface area contributed by atoms with Crippen molar-refractivity contribution >= 4 is 23.7 Å². The van der Waals surface area contributed by atoms with Crippen molar-refractivity contribution in [1.82, 2.24) is 16.0 Å². The van der Waals surface area contributed by atoms with Crippen molar-refractivity contribution in [2.75, 3.05) is 13.2 Å². The number of hydrogen-bond acceptors (Lipinski definition) is 7. The average molecular weight is 447 g/mol. The summed E-state index contributed by atoms with van der Waals surface area (Å²) >= 11 is 0. The molecule has 0 bridgehead atoms. The minimum Gasteiger partial charge on any atom is -0.496 e. The molecule has 10 heteroatoms. The lowest BCUT2D eigenvalue weighted by atomic mass is 10.0. The number of ether oxygens (including phenoxy) is 2. The van der Waals surface area contributed by atoms with Gasteiger partial charge in [0.2, 0.25) is 11.7 Å². The number of ketones is 1. The SMILES string of the molecule is CC(C)C(NC(=O)OCc1ccccc1)C(=O)NC1C/C(=C/N)OCCCNC(=O)C1=O. The monoisotopic (exact) mass is 446 g/mol. The van der Waals surface area contributed by atoms with E-state index in [1.54, 1.807) is 26.0 Å². The molecule has 0 saturated carbocycles. The van der Waals surface area contributed by atoms with E-state index in [4.69, 9.17) is 15.2 Å². The molecule has 32 heavy (non-hydrogen) atoms. The summed E-state index contributed by atoms with van der Waals surface area (Å²) in [5, 5.41) is 7.56. The Morgan fingerprint density at radius 2 is 2.00 bits per heavy atom. The van der Waals surface area contributed by atoms with Crippen LogP contribution in [0.15, 0.2) is 42.3 Å². The number of benzene rings is 1. The zero-order valence-electron chi connectivity index (χ0n) is 18.3. The molecular weight excluding hydrogens is 416 g/mol. The highest BCUT2D eigenvalue weighted by Crippen LogP contribution is 2.11. The first-order valence-electron chi connectivity index (χ1n) is 10.4.